The predicted octanol–water partition coefficient (Wildman–Crippen LogP) is 3.51. The Labute approximate surface area is 127 Å². The summed E-state index contributed by atoms with van der Waals surface area (Å²) < 4.78 is 0. The van der Waals surface area contributed by atoms with Crippen LogP contribution in [0, 0.1) is 6.92 Å². The lowest BCUT2D eigenvalue weighted by molar-refractivity contribution is 0.414. The summed E-state index contributed by atoms with van der Waals surface area (Å²) in [4.78, 5) is 7.34. The van der Waals surface area contributed by atoms with Crippen LogP contribution in [0.4, 0.5) is 5.82 Å². The molecule has 1 aromatic carbocycles. The summed E-state index contributed by atoms with van der Waals surface area (Å²) in [7, 11) is 0. The van der Waals surface area contributed by atoms with Gasteiger partial charge in [0.1, 0.15) is 5.82 Å². The van der Waals surface area contributed by atoms with Crippen molar-refractivity contribution in [3.8, 4) is 0 Å². The number of aryl methyl sites for hydroxylation is 1. The van der Waals surface area contributed by atoms with Gasteiger partial charge in [-0.25, -0.2) is 4.98 Å². The maximum Gasteiger partial charge on any atom is 0.132 e. The van der Waals surface area contributed by atoms with Gasteiger partial charge in [0, 0.05) is 24.5 Å². The molecular formula is C18H25N3. The smallest absolute Gasteiger partial charge is 0.132 e. The van der Waals surface area contributed by atoms with Crippen LogP contribution < -0.4 is 10.2 Å². The summed E-state index contributed by atoms with van der Waals surface area (Å²) in [6.45, 7) is 7.75. The molecular weight excluding hydrogens is 258 g/mol. The van der Waals surface area contributed by atoms with E-state index < -0.39 is 0 Å². The van der Waals surface area contributed by atoms with E-state index in [1.54, 1.807) is 0 Å². The van der Waals surface area contributed by atoms with Crippen LogP contribution >= 0.6 is 0 Å². The Morgan fingerprint density at radius 1 is 1.24 bits per heavy atom. The molecule has 3 rings (SSSR count). The van der Waals surface area contributed by atoms with Crippen molar-refractivity contribution in [3.05, 3.63) is 35.9 Å². The third kappa shape index (κ3) is 3.18. The molecule has 1 aromatic heterocycles. The van der Waals surface area contributed by atoms with Gasteiger partial charge in [0.05, 0.1) is 5.52 Å². The highest BCUT2D eigenvalue weighted by Gasteiger charge is 2.20. The minimum Gasteiger partial charge on any atom is -0.356 e. The number of anilines is 1. The first-order valence-electron chi connectivity index (χ1n) is 8.12. The molecule has 0 bridgehead atoms. The van der Waals surface area contributed by atoms with Gasteiger partial charge in [-0.15, -0.1) is 0 Å². The highest BCUT2D eigenvalue weighted by atomic mass is 15.2. The largest absolute Gasteiger partial charge is 0.356 e. The first kappa shape index (κ1) is 14.3. The molecule has 2 aromatic rings. The number of benzene rings is 1. The van der Waals surface area contributed by atoms with E-state index in [1.165, 1.54) is 36.0 Å². The highest BCUT2D eigenvalue weighted by Crippen LogP contribution is 2.25. The summed E-state index contributed by atoms with van der Waals surface area (Å²) in [5.41, 5.74) is 2.39. The second kappa shape index (κ2) is 6.44. The van der Waals surface area contributed by atoms with Gasteiger partial charge in [-0.2, -0.15) is 0 Å². The summed E-state index contributed by atoms with van der Waals surface area (Å²) in [6.07, 6.45) is 3.65. The maximum absolute atomic E-state index is 4.89. The molecule has 3 nitrogen and oxygen atoms in total. The van der Waals surface area contributed by atoms with Crippen molar-refractivity contribution in [1.82, 2.24) is 10.3 Å². The van der Waals surface area contributed by atoms with E-state index in [0.717, 1.165) is 25.2 Å². The van der Waals surface area contributed by atoms with E-state index in [2.05, 4.69) is 54.4 Å². The zero-order valence-electron chi connectivity index (χ0n) is 13.1. The van der Waals surface area contributed by atoms with Gasteiger partial charge in [0.15, 0.2) is 0 Å². The van der Waals surface area contributed by atoms with Crippen molar-refractivity contribution < 1.29 is 0 Å². The van der Waals surface area contributed by atoms with Gasteiger partial charge in [-0.1, -0.05) is 25.1 Å². The minimum absolute atomic E-state index is 0.682. The number of nitrogens with one attached hydrogen (secondary N) is 1. The van der Waals surface area contributed by atoms with Crippen LogP contribution in [0.5, 0.6) is 0 Å². The third-order valence-corrected chi connectivity index (χ3v) is 4.37. The van der Waals surface area contributed by atoms with Crippen molar-refractivity contribution in [1.29, 1.82) is 0 Å². The van der Waals surface area contributed by atoms with Gasteiger partial charge in [0.25, 0.3) is 0 Å². The van der Waals surface area contributed by atoms with Crippen molar-refractivity contribution in [2.24, 2.45) is 0 Å². The molecule has 0 spiro atoms. The van der Waals surface area contributed by atoms with E-state index in [0.29, 0.717) is 6.04 Å². The third-order valence-electron chi connectivity index (χ3n) is 4.37. The van der Waals surface area contributed by atoms with E-state index in [-0.39, 0.29) is 0 Å². The molecule has 112 valence electrons. The molecule has 1 N–H and O–H groups in total. The Hall–Kier alpha value is -1.61. The van der Waals surface area contributed by atoms with E-state index in [9.17, 15) is 0 Å². The van der Waals surface area contributed by atoms with Gasteiger partial charge in [-0.05, 0) is 50.4 Å². The van der Waals surface area contributed by atoms with E-state index in [4.69, 9.17) is 4.98 Å². The van der Waals surface area contributed by atoms with Gasteiger partial charge >= 0.3 is 0 Å². The van der Waals surface area contributed by atoms with Crippen molar-refractivity contribution in [3.63, 3.8) is 0 Å². The fourth-order valence-electron chi connectivity index (χ4n) is 3.18. The fourth-order valence-corrected chi connectivity index (χ4v) is 3.18. The van der Waals surface area contributed by atoms with Gasteiger partial charge < -0.3 is 10.2 Å². The molecule has 1 aliphatic heterocycles. The average molecular weight is 283 g/mol. The number of nitrogens with zero attached hydrogens (tertiary/aromatic N) is 2. The number of rotatable bonds is 4. The zero-order valence-corrected chi connectivity index (χ0v) is 13.1. The van der Waals surface area contributed by atoms with Crippen LogP contribution in [0.25, 0.3) is 10.9 Å². The standard InChI is InChI=1S/C18H25N3/c1-3-10-19-16-8-11-21(12-9-16)18-14(2)13-15-6-4-5-7-17(15)20-18/h4-7,13,16,19H,3,8-12H2,1-2H3. The number of hydrogen-bond acceptors (Lipinski definition) is 3. The first-order chi connectivity index (χ1) is 10.3. The van der Waals surface area contributed by atoms with Crippen LogP contribution in [0.2, 0.25) is 0 Å². The predicted molar refractivity (Wildman–Crippen MR) is 90.0 cm³/mol. The Balaban J connectivity index is 1.74. The lowest BCUT2D eigenvalue weighted by Gasteiger charge is -2.34. The topological polar surface area (TPSA) is 28.2 Å². The molecule has 0 amide bonds. The lowest BCUT2D eigenvalue weighted by atomic mass is 10.0. The average Bonchev–Trinajstić information content (AvgIpc) is 2.53. The molecule has 1 saturated heterocycles. The van der Waals surface area contributed by atoms with Crippen LogP contribution in [0.1, 0.15) is 31.7 Å². The monoisotopic (exact) mass is 283 g/mol. The van der Waals surface area contributed by atoms with Crippen molar-refractivity contribution >= 4 is 16.7 Å². The Kier molecular flexibility index (Phi) is 4.39. The summed E-state index contributed by atoms with van der Waals surface area (Å²) in [5.74, 6) is 1.17. The number of para-hydroxylation sites is 1. The number of piperidine rings is 1. The summed E-state index contributed by atoms with van der Waals surface area (Å²) in [5, 5.41) is 4.87. The zero-order chi connectivity index (χ0) is 14.7. The second-order valence-electron chi connectivity index (χ2n) is 6.04. The van der Waals surface area contributed by atoms with Crippen molar-refractivity contribution in [2.75, 3.05) is 24.5 Å². The molecule has 0 unspecified atom stereocenters. The molecule has 0 radical (unpaired) electrons. The molecule has 21 heavy (non-hydrogen) atoms. The van der Waals surface area contributed by atoms with Crippen LogP contribution in [0.15, 0.2) is 30.3 Å². The quantitative estimate of drug-likeness (QED) is 0.930. The fraction of sp³-hybridized carbons (Fsp3) is 0.500. The summed E-state index contributed by atoms with van der Waals surface area (Å²) in [6, 6.07) is 11.3. The molecule has 0 aliphatic carbocycles. The number of pyridine rings is 1. The minimum atomic E-state index is 0.682. The lowest BCUT2D eigenvalue weighted by Crippen LogP contribution is -2.43. The molecule has 0 saturated carbocycles. The molecule has 3 heteroatoms. The van der Waals surface area contributed by atoms with E-state index >= 15 is 0 Å². The SMILES string of the molecule is CCCNC1CCN(c2nc3ccccc3cc2C)CC1. The van der Waals surface area contributed by atoms with Crippen molar-refractivity contribution in [2.45, 2.75) is 39.2 Å². The normalized spacial score (nSPS) is 16.6. The Morgan fingerprint density at radius 2 is 2.00 bits per heavy atom. The van der Waals surface area contributed by atoms with Gasteiger partial charge in [0.2, 0.25) is 0 Å². The molecule has 1 aliphatic rings. The number of aromatic nitrogens is 1. The van der Waals surface area contributed by atoms with Crippen LogP contribution in [-0.4, -0.2) is 30.7 Å². The molecule has 1 fully saturated rings. The highest BCUT2D eigenvalue weighted by molar-refractivity contribution is 5.81. The van der Waals surface area contributed by atoms with Crippen LogP contribution in [0.3, 0.4) is 0 Å². The first-order valence-corrected chi connectivity index (χ1v) is 8.12. The van der Waals surface area contributed by atoms with Gasteiger partial charge in [-0.3, -0.25) is 0 Å². The molecule has 0 atom stereocenters. The second-order valence-corrected chi connectivity index (χ2v) is 6.04. The Bertz CT molecular complexity index is 600. The molecule has 2 heterocycles. The summed E-state index contributed by atoms with van der Waals surface area (Å²) >= 11 is 0. The van der Waals surface area contributed by atoms with Crippen LogP contribution in [-0.2, 0) is 0 Å². The van der Waals surface area contributed by atoms with E-state index in [1.807, 2.05) is 0 Å². The number of hydrogen-bond donors (Lipinski definition) is 1. The Morgan fingerprint density at radius 3 is 2.76 bits per heavy atom. The maximum atomic E-state index is 4.89. The number of fused-ring (bicyclic) bond motifs is 1.